The molecule has 0 aromatic heterocycles. The second-order valence-electron chi connectivity index (χ2n) is 5.65. The molecule has 4 heteroatoms. The van der Waals surface area contributed by atoms with Gasteiger partial charge in [-0.1, -0.05) is 39.0 Å². The fraction of sp³-hybridized carbons (Fsp3) is 0.933. The van der Waals surface area contributed by atoms with Gasteiger partial charge in [0.25, 0.3) is 0 Å². The van der Waals surface area contributed by atoms with Crippen LogP contribution in [0.4, 0.5) is 0 Å². The summed E-state index contributed by atoms with van der Waals surface area (Å²) in [5, 5.41) is 0. The Bertz CT molecular complexity index is 292. The average Bonchev–Trinajstić information content (AvgIpc) is 2.95. The van der Waals surface area contributed by atoms with Gasteiger partial charge in [-0.3, -0.25) is 0 Å². The van der Waals surface area contributed by atoms with Crippen molar-refractivity contribution in [3.8, 4) is 0 Å². The van der Waals surface area contributed by atoms with E-state index in [0.29, 0.717) is 0 Å². The summed E-state index contributed by atoms with van der Waals surface area (Å²) in [6, 6.07) is 0. The SMILES string of the molecule is CCCCCCCC[C@@H]1OC(=O)[C@H]2O[C@H](OC)C[C@@H]12. The number of rotatable bonds is 8. The first-order chi connectivity index (χ1) is 9.26. The standard InChI is InChI=1S/C15H26O4/c1-3-4-5-6-7-8-9-12-11-10-13(17-2)19-14(11)15(16)18-12/h11-14H,3-10H2,1-2H3/t11-,12-,13-,14-/m0/s1. The van der Waals surface area contributed by atoms with Gasteiger partial charge in [-0.15, -0.1) is 0 Å². The first kappa shape index (κ1) is 14.8. The van der Waals surface area contributed by atoms with E-state index in [1.165, 1.54) is 32.1 Å². The van der Waals surface area contributed by atoms with Crippen LogP contribution < -0.4 is 0 Å². The number of carbonyl (C=O) groups excluding carboxylic acids is 1. The molecule has 2 heterocycles. The van der Waals surface area contributed by atoms with Gasteiger partial charge >= 0.3 is 5.97 Å². The van der Waals surface area contributed by atoms with Gasteiger partial charge in [0.1, 0.15) is 6.10 Å². The molecule has 110 valence electrons. The van der Waals surface area contributed by atoms with Crippen molar-refractivity contribution < 1.29 is 19.0 Å². The largest absolute Gasteiger partial charge is 0.460 e. The fourth-order valence-electron chi connectivity index (χ4n) is 3.10. The van der Waals surface area contributed by atoms with Crippen molar-refractivity contribution in [1.82, 2.24) is 0 Å². The lowest BCUT2D eigenvalue weighted by atomic mass is 9.93. The summed E-state index contributed by atoms with van der Waals surface area (Å²) in [5.41, 5.74) is 0. The Hall–Kier alpha value is -0.610. The van der Waals surface area contributed by atoms with Gasteiger partial charge in [0.2, 0.25) is 0 Å². The highest BCUT2D eigenvalue weighted by Gasteiger charge is 2.51. The van der Waals surface area contributed by atoms with E-state index in [1.807, 2.05) is 0 Å². The van der Waals surface area contributed by atoms with E-state index in [0.717, 1.165) is 19.3 Å². The minimum Gasteiger partial charge on any atom is -0.460 e. The van der Waals surface area contributed by atoms with E-state index < -0.39 is 0 Å². The number of esters is 1. The van der Waals surface area contributed by atoms with E-state index in [9.17, 15) is 4.79 Å². The van der Waals surface area contributed by atoms with E-state index in [4.69, 9.17) is 14.2 Å². The molecule has 2 rings (SSSR count). The van der Waals surface area contributed by atoms with Gasteiger partial charge < -0.3 is 14.2 Å². The third-order valence-electron chi connectivity index (χ3n) is 4.23. The number of hydrogen-bond acceptors (Lipinski definition) is 4. The molecule has 0 amide bonds. The second kappa shape index (κ2) is 7.25. The highest BCUT2D eigenvalue weighted by Crippen LogP contribution is 2.38. The summed E-state index contributed by atoms with van der Waals surface area (Å²) < 4.78 is 16.2. The number of hydrogen-bond donors (Lipinski definition) is 0. The molecule has 2 fully saturated rings. The summed E-state index contributed by atoms with van der Waals surface area (Å²) in [7, 11) is 1.62. The Balaban J connectivity index is 1.68. The highest BCUT2D eigenvalue weighted by atomic mass is 16.7. The summed E-state index contributed by atoms with van der Waals surface area (Å²) in [6.45, 7) is 2.23. The van der Waals surface area contributed by atoms with Crippen LogP contribution in [0.3, 0.4) is 0 Å². The minimum absolute atomic E-state index is 0.0452. The zero-order valence-electron chi connectivity index (χ0n) is 12.1. The summed E-state index contributed by atoms with van der Waals surface area (Å²) in [5.74, 6) is 0.00799. The molecule has 4 atom stereocenters. The average molecular weight is 270 g/mol. The number of carbonyl (C=O) groups is 1. The molecule has 0 aromatic carbocycles. The minimum atomic E-state index is -0.380. The van der Waals surface area contributed by atoms with E-state index in [1.54, 1.807) is 7.11 Å². The Morgan fingerprint density at radius 1 is 1.21 bits per heavy atom. The molecule has 2 aliphatic rings. The predicted octanol–water partition coefficient (Wildman–Crippen LogP) is 3.04. The van der Waals surface area contributed by atoms with Crippen LogP contribution in [0.5, 0.6) is 0 Å². The van der Waals surface area contributed by atoms with Gasteiger partial charge in [-0.25, -0.2) is 4.79 Å². The third-order valence-corrected chi connectivity index (χ3v) is 4.23. The summed E-state index contributed by atoms with van der Waals surface area (Å²) >= 11 is 0. The summed E-state index contributed by atoms with van der Waals surface area (Å²) in [4.78, 5) is 11.7. The molecule has 4 nitrogen and oxygen atoms in total. The molecule has 0 aromatic rings. The van der Waals surface area contributed by atoms with Gasteiger partial charge in [-0.2, -0.15) is 0 Å². The Labute approximate surface area is 115 Å². The van der Waals surface area contributed by atoms with Crippen molar-refractivity contribution in [2.75, 3.05) is 7.11 Å². The smallest absolute Gasteiger partial charge is 0.336 e. The predicted molar refractivity (Wildman–Crippen MR) is 71.7 cm³/mol. The first-order valence-electron chi connectivity index (χ1n) is 7.65. The molecular formula is C15H26O4. The van der Waals surface area contributed by atoms with Gasteiger partial charge in [0, 0.05) is 19.4 Å². The maximum absolute atomic E-state index is 11.7. The Morgan fingerprint density at radius 2 is 1.95 bits per heavy atom. The fourth-order valence-corrected chi connectivity index (χ4v) is 3.10. The second-order valence-corrected chi connectivity index (χ2v) is 5.65. The molecule has 0 unspecified atom stereocenters. The first-order valence-corrected chi connectivity index (χ1v) is 7.65. The molecular weight excluding hydrogens is 244 g/mol. The van der Waals surface area contributed by atoms with Crippen LogP contribution in [0.25, 0.3) is 0 Å². The third kappa shape index (κ3) is 3.69. The van der Waals surface area contributed by atoms with Crippen LogP contribution >= 0.6 is 0 Å². The molecule has 0 saturated carbocycles. The molecule has 0 spiro atoms. The molecule has 0 N–H and O–H groups in total. The number of fused-ring (bicyclic) bond motifs is 1. The lowest BCUT2D eigenvalue weighted by Crippen LogP contribution is -2.20. The molecule has 0 aliphatic carbocycles. The van der Waals surface area contributed by atoms with Crippen LogP contribution in [0.15, 0.2) is 0 Å². The van der Waals surface area contributed by atoms with Crippen LogP contribution in [0, 0.1) is 5.92 Å². The van der Waals surface area contributed by atoms with Crippen molar-refractivity contribution in [1.29, 1.82) is 0 Å². The lowest BCUT2D eigenvalue weighted by Gasteiger charge is -2.15. The van der Waals surface area contributed by atoms with Crippen molar-refractivity contribution >= 4 is 5.97 Å². The molecule has 2 saturated heterocycles. The van der Waals surface area contributed by atoms with Crippen molar-refractivity contribution in [2.24, 2.45) is 5.92 Å². The van der Waals surface area contributed by atoms with Crippen LogP contribution in [-0.2, 0) is 19.0 Å². The van der Waals surface area contributed by atoms with E-state index >= 15 is 0 Å². The zero-order valence-corrected chi connectivity index (χ0v) is 12.1. The molecule has 19 heavy (non-hydrogen) atoms. The molecule has 0 bridgehead atoms. The van der Waals surface area contributed by atoms with Gasteiger partial charge in [0.05, 0.1) is 0 Å². The topological polar surface area (TPSA) is 44.8 Å². The normalized spacial score (nSPS) is 33.5. The van der Waals surface area contributed by atoms with E-state index in [-0.39, 0.29) is 30.4 Å². The van der Waals surface area contributed by atoms with Crippen LogP contribution in [0.2, 0.25) is 0 Å². The maximum Gasteiger partial charge on any atom is 0.336 e. The lowest BCUT2D eigenvalue weighted by molar-refractivity contribution is -0.164. The van der Waals surface area contributed by atoms with Crippen LogP contribution in [0.1, 0.15) is 58.3 Å². The summed E-state index contributed by atoms with van der Waals surface area (Å²) in [6.07, 6.45) is 8.79. The number of methoxy groups -OCH3 is 1. The van der Waals surface area contributed by atoms with Crippen molar-refractivity contribution in [2.45, 2.75) is 76.8 Å². The van der Waals surface area contributed by atoms with Crippen LogP contribution in [-0.4, -0.2) is 31.6 Å². The van der Waals surface area contributed by atoms with Crippen molar-refractivity contribution in [3.63, 3.8) is 0 Å². The zero-order chi connectivity index (χ0) is 13.7. The van der Waals surface area contributed by atoms with Gasteiger partial charge in [-0.05, 0) is 12.8 Å². The highest BCUT2D eigenvalue weighted by molar-refractivity contribution is 5.78. The van der Waals surface area contributed by atoms with E-state index in [2.05, 4.69) is 6.92 Å². The Kier molecular flexibility index (Phi) is 5.64. The number of cyclic esters (lactones) is 1. The maximum atomic E-state index is 11.7. The van der Waals surface area contributed by atoms with Gasteiger partial charge in [0.15, 0.2) is 12.4 Å². The monoisotopic (exact) mass is 270 g/mol. The Morgan fingerprint density at radius 3 is 2.68 bits per heavy atom. The van der Waals surface area contributed by atoms with Crippen molar-refractivity contribution in [3.05, 3.63) is 0 Å². The molecule has 2 aliphatic heterocycles. The number of unbranched alkanes of at least 4 members (excludes halogenated alkanes) is 5. The quantitative estimate of drug-likeness (QED) is 0.502. The number of ether oxygens (including phenoxy) is 3. The molecule has 0 radical (unpaired) electrons.